The zero-order chi connectivity index (χ0) is 31.7. The first-order chi connectivity index (χ1) is 23.2. The van der Waals surface area contributed by atoms with Gasteiger partial charge in [-0.3, -0.25) is 4.99 Å². The van der Waals surface area contributed by atoms with Crippen LogP contribution in [0.4, 0.5) is 0 Å². The number of aryl methyl sites for hydroxylation is 1. The van der Waals surface area contributed by atoms with Gasteiger partial charge in [-0.15, -0.1) is 0 Å². The highest BCUT2D eigenvalue weighted by Crippen LogP contribution is 2.48. The largest absolute Gasteiger partial charge is 0.270 e. The van der Waals surface area contributed by atoms with Gasteiger partial charge >= 0.3 is 0 Å². The van der Waals surface area contributed by atoms with Crippen LogP contribution >= 0.6 is 0 Å². The molecular formula is C45H36N2. The first kappa shape index (κ1) is 28.8. The van der Waals surface area contributed by atoms with Gasteiger partial charge in [0.05, 0.1) is 5.71 Å². The van der Waals surface area contributed by atoms with E-state index in [-0.39, 0.29) is 5.92 Å². The molecule has 1 atom stereocenters. The summed E-state index contributed by atoms with van der Waals surface area (Å²) >= 11 is 0. The van der Waals surface area contributed by atoms with Crippen molar-refractivity contribution in [3.05, 3.63) is 196 Å². The molecule has 0 heterocycles. The van der Waals surface area contributed by atoms with Crippen molar-refractivity contribution in [2.24, 2.45) is 9.98 Å². The van der Waals surface area contributed by atoms with Crippen molar-refractivity contribution in [1.29, 1.82) is 0 Å². The molecule has 6 aromatic carbocycles. The monoisotopic (exact) mass is 604 g/mol. The zero-order valence-corrected chi connectivity index (χ0v) is 26.8. The maximum atomic E-state index is 5.59. The average Bonchev–Trinajstić information content (AvgIpc) is 3.51. The molecular weight excluding hydrogens is 569 g/mol. The molecule has 2 aliphatic rings. The Morgan fingerprint density at radius 1 is 0.660 bits per heavy atom. The molecule has 0 aliphatic heterocycles. The molecule has 0 spiro atoms. The van der Waals surface area contributed by atoms with Crippen molar-refractivity contribution >= 4 is 27.9 Å². The van der Waals surface area contributed by atoms with E-state index in [0.717, 1.165) is 41.1 Å². The summed E-state index contributed by atoms with van der Waals surface area (Å²) in [6.45, 7) is 2.14. The highest BCUT2D eigenvalue weighted by Gasteiger charge is 2.33. The summed E-state index contributed by atoms with van der Waals surface area (Å²) in [7, 11) is 1.86. The van der Waals surface area contributed by atoms with Crippen LogP contribution in [0, 0.1) is 6.92 Å². The molecule has 0 N–H and O–H groups in total. The van der Waals surface area contributed by atoms with Gasteiger partial charge in [-0.25, -0.2) is 4.99 Å². The zero-order valence-electron chi connectivity index (χ0n) is 26.8. The third kappa shape index (κ3) is 5.47. The van der Waals surface area contributed by atoms with Gasteiger partial charge in [0.2, 0.25) is 0 Å². The minimum Gasteiger partial charge on any atom is -0.270 e. The Morgan fingerprint density at radius 2 is 1.34 bits per heavy atom. The number of hydrogen-bond donors (Lipinski definition) is 0. The van der Waals surface area contributed by atoms with Crippen molar-refractivity contribution in [1.82, 2.24) is 0 Å². The van der Waals surface area contributed by atoms with E-state index in [4.69, 9.17) is 9.98 Å². The molecule has 8 rings (SSSR count). The van der Waals surface area contributed by atoms with Gasteiger partial charge in [0, 0.05) is 29.7 Å². The van der Waals surface area contributed by atoms with Gasteiger partial charge in [-0.2, -0.15) is 0 Å². The molecule has 0 saturated carbocycles. The van der Waals surface area contributed by atoms with E-state index in [9.17, 15) is 0 Å². The molecule has 0 saturated heterocycles. The van der Waals surface area contributed by atoms with E-state index < -0.39 is 0 Å². The van der Waals surface area contributed by atoms with Crippen molar-refractivity contribution in [3.8, 4) is 11.1 Å². The Balaban J connectivity index is 1.38. The molecule has 226 valence electrons. The number of aliphatic imine (C=N–C) groups is 2. The first-order valence-electron chi connectivity index (χ1n) is 16.4. The second-order valence-electron chi connectivity index (χ2n) is 12.6. The fourth-order valence-electron chi connectivity index (χ4n) is 7.34. The summed E-state index contributed by atoms with van der Waals surface area (Å²) in [4.78, 5) is 10.4. The Hall–Kier alpha value is -5.60. The lowest BCUT2D eigenvalue weighted by atomic mass is 9.78. The summed E-state index contributed by atoms with van der Waals surface area (Å²) < 4.78 is 0. The van der Waals surface area contributed by atoms with E-state index in [1.165, 1.54) is 55.3 Å². The third-order valence-electron chi connectivity index (χ3n) is 9.58. The Kier molecular flexibility index (Phi) is 7.55. The number of benzene rings is 6. The number of amidine groups is 1. The second-order valence-corrected chi connectivity index (χ2v) is 12.6. The van der Waals surface area contributed by atoms with Gasteiger partial charge in [0.15, 0.2) is 5.84 Å². The second kappa shape index (κ2) is 12.3. The molecule has 2 heteroatoms. The summed E-state index contributed by atoms with van der Waals surface area (Å²) in [5, 5.41) is 2.41. The van der Waals surface area contributed by atoms with Crippen LogP contribution < -0.4 is 0 Å². The van der Waals surface area contributed by atoms with Crippen molar-refractivity contribution in [3.63, 3.8) is 0 Å². The van der Waals surface area contributed by atoms with E-state index >= 15 is 0 Å². The summed E-state index contributed by atoms with van der Waals surface area (Å²) in [6.07, 6.45) is 4.45. The first-order valence-corrected chi connectivity index (χ1v) is 16.4. The highest BCUT2D eigenvalue weighted by molar-refractivity contribution is 6.28. The maximum absolute atomic E-state index is 5.59. The Morgan fingerprint density at radius 3 is 2.15 bits per heavy atom. The lowest BCUT2D eigenvalue weighted by Gasteiger charge is -2.27. The number of allylic oxidation sites excluding steroid dienone is 4. The third-order valence-corrected chi connectivity index (χ3v) is 9.58. The smallest absolute Gasteiger partial charge is 0.155 e. The molecule has 2 nitrogen and oxygen atoms in total. The highest BCUT2D eigenvalue weighted by atomic mass is 14.9. The topological polar surface area (TPSA) is 24.7 Å². The van der Waals surface area contributed by atoms with Gasteiger partial charge in [-0.1, -0.05) is 157 Å². The van der Waals surface area contributed by atoms with E-state index in [0.29, 0.717) is 0 Å². The van der Waals surface area contributed by atoms with Crippen LogP contribution in [0.3, 0.4) is 0 Å². The molecule has 2 aliphatic carbocycles. The number of nitrogens with zero attached hydrogens (tertiary/aromatic N) is 2. The maximum Gasteiger partial charge on any atom is 0.155 e. The van der Waals surface area contributed by atoms with E-state index in [2.05, 4.69) is 159 Å². The van der Waals surface area contributed by atoms with Crippen LogP contribution in [0.1, 0.15) is 45.7 Å². The normalized spacial score (nSPS) is 16.2. The van der Waals surface area contributed by atoms with Crippen LogP contribution in [0.25, 0.3) is 27.5 Å². The fraction of sp³-hybridized carbons (Fsp3) is 0.111. The minimum absolute atomic E-state index is 0.249. The standard InChI is InChI=1S/C45H36N2/c1-30-21-22-34-26-36(24-23-33(34)25-30)45(46-2)47-44(41-20-12-11-18-39(41)32-15-7-4-8-16-32)42-29-37(31-13-5-3-6-14-31)28-38-27-35-17-9-10-19-40(35)43(38)42/h3-26,29,37H,27-28H2,1-2H3/b46-45-,47-44-. The SMILES string of the molecule is C/N=C(\N=C(/C1=CC(c2ccccc2)CC2=C1c1ccccc1C2)c1ccccc1-c1ccccc1)c1ccc2cc(C)ccc2c1. The summed E-state index contributed by atoms with van der Waals surface area (Å²) in [5.41, 5.74) is 14.7. The average molecular weight is 605 g/mol. The molecule has 0 amide bonds. The summed E-state index contributed by atoms with van der Waals surface area (Å²) in [5.74, 6) is 0.973. The molecule has 6 aromatic rings. The number of rotatable bonds is 5. The molecule has 0 fully saturated rings. The van der Waals surface area contributed by atoms with Gasteiger partial charge < -0.3 is 0 Å². The molecule has 47 heavy (non-hydrogen) atoms. The fourth-order valence-corrected chi connectivity index (χ4v) is 7.34. The van der Waals surface area contributed by atoms with Crippen LogP contribution in [0.5, 0.6) is 0 Å². The summed E-state index contributed by atoms with van der Waals surface area (Å²) in [6, 6.07) is 52.4. The van der Waals surface area contributed by atoms with Gasteiger partial charge in [0.25, 0.3) is 0 Å². The van der Waals surface area contributed by atoms with Gasteiger partial charge in [0.1, 0.15) is 0 Å². The molecule has 0 aromatic heterocycles. The van der Waals surface area contributed by atoms with Crippen molar-refractivity contribution in [2.45, 2.75) is 25.7 Å². The lowest BCUT2D eigenvalue weighted by molar-refractivity contribution is 0.800. The minimum atomic E-state index is 0.249. The molecule has 0 radical (unpaired) electrons. The predicted molar refractivity (Wildman–Crippen MR) is 199 cm³/mol. The predicted octanol–water partition coefficient (Wildman–Crippen LogP) is 10.8. The quantitative estimate of drug-likeness (QED) is 0.138. The van der Waals surface area contributed by atoms with Crippen molar-refractivity contribution < 1.29 is 0 Å². The van der Waals surface area contributed by atoms with Crippen LogP contribution in [0.15, 0.2) is 173 Å². The molecule has 0 bridgehead atoms. The number of hydrogen-bond acceptors (Lipinski definition) is 1. The van der Waals surface area contributed by atoms with E-state index in [1.54, 1.807) is 0 Å². The van der Waals surface area contributed by atoms with Crippen molar-refractivity contribution in [2.75, 3.05) is 7.05 Å². The van der Waals surface area contributed by atoms with Crippen LogP contribution in [-0.2, 0) is 6.42 Å². The lowest BCUT2D eigenvalue weighted by Crippen LogP contribution is -2.17. The van der Waals surface area contributed by atoms with Gasteiger partial charge in [-0.05, 0) is 70.0 Å². The Labute approximate surface area is 277 Å². The van der Waals surface area contributed by atoms with Crippen LogP contribution in [0.2, 0.25) is 0 Å². The molecule has 1 unspecified atom stereocenters. The van der Waals surface area contributed by atoms with Crippen LogP contribution in [-0.4, -0.2) is 18.6 Å². The number of fused-ring (bicyclic) bond motifs is 3. The Bertz CT molecular complexity index is 2250. The van der Waals surface area contributed by atoms with E-state index in [1.807, 2.05) is 7.05 Å².